The van der Waals surface area contributed by atoms with Gasteiger partial charge in [-0.05, 0) is 37.8 Å². The van der Waals surface area contributed by atoms with E-state index in [2.05, 4.69) is 15.3 Å². The van der Waals surface area contributed by atoms with Gasteiger partial charge in [-0.2, -0.15) is 0 Å². The molecule has 1 aromatic heterocycles. The van der Waals surface area contributed by atoms with Crippen LogP contribution < -0.4 is 5.32 Å². The average molecular weight is 344 g/mol. The van der Waals surface area contributed by atoms with E-state index in [1.165, 1.54) is 12.0 Å². The Morgan fingerprint density at radius 3 is 3.00 bits per heavy atom. The van der Waals surface area contributed by atoms with Gasteiger partial charge >= 0.3 is 6.09 Å². The number of amides is 2. The molecule has 3 rings (SSSR count). The number of fused-ring (bicyclic) bond motifs is 1. The van der Waals surface area contributed by atoms with E-state index in [0.29, 0.717) is 19.5 Å². The van der Waals surface area contributed by atoms with E-state index in [0.717, 1.165) is 42.5 Å². The highest BCUT2D eigenvalue weighted by atomic mass is 16.5. The summed E-state index contributed by atoms with van der Waals surface area (Å²) in [5.74, 6) is 0.819. The Morgan fingerprint density at radius 2 is 2.20 bits per heavy atom. The normalized spacial score (nSPS) is 17.5. The van der Waals surface area contributed by atoms with Crippen LogP contribution in [0.2, 0.25) is 0 Å². The minimum atomic E-state index is -0.429. The summed E-state index contributed by atoms with van der Waals surface area (Å²) < 4.78 is 4.78. The first-order chi connectivity index (χ1) is 12.2. The Morgan fingerprint density at radius 1 is 1.36 bits per heavy atom. The summed E-state index contributed by atoms with van der Waals surface area (Å²) in [6.07, 6.45) is 3.67. The fourth-order valence-corrected chi connectivity index (χ4v) is 3.25. The summed E-state index contributed by atoms with van der Waals surface area (Å²) >= 11 is 0. The average Bonchev–Trinajstić information content (AvgIpc) is 3.07. The van der Waals surface area contributed by atoms with E-state index in [9.17, 15) is 9.59 Å². The number of likely N-dealkylation sites (tertiary alicyclic amines) is 1. The second-order valence-corrected chi connectivity index (χ2v) is 6.27. The molecule has 2 N–H and O–H groups in total. The van der Waals surface area contributed by atoms with Gasteiger partial charge in [0.1, 0.15) is 11.9 Å². The van der Waals surface area contributed by atoms with Gasteiger partial charge in [-0.25, -0.2) is 9.78 Å². The predicted octanol–water partition coefficient (Wildman–Crippen LogP) is 2.23. The van der Waals surface area contributed by atoms with Crippen LogP contribution in [0.4, 0.5) is 4.79 Å². The minimum absolute atomic E-state index is 0.102. The van der Waals surface area contributed by atoms with Crippen LogP contribution in [0.1, 0.15) is 31.5 Å². The SMILES string of the molecule is COC(=O)N1CCCC[C@@H]1C(=O)NCCCc1nc2ccccc2[nH]1. The second-order valence-electron chi connectivity index (χ2n) is 6.27. The largest absolute Gasteiger partial charge is 0.453 e. The molecule has 0 aliphatic carbocycles. The van der Waals surface area contributed by atoms with E-state index in [1.54, 1.807) is 0 Å². The highest BCUT2D eigenvalue weighted by molar-refractivity contribution is 5.85. The molecule has 1 atom stereocenters. The molecule has 0 spiro atoms. The standard InChI is InChI=1S/C18H24N4O3/c1-25-18(24)22-12-5-4-9-15(22)17(23)19-11-6-10-16-20-13-7-2-3-8-14(13)21-16/h2-3,7-8,15H,4-6,9-12H2,1H3,(H,19,23)(H,20,21)/t15-/m1/s1. The van der Waals surface area contributed by atoms with Gasteiger partial charge in [0.25, 0.3) is 0 Å². The summed E-state index contributed by atoms with van der Waals surface area (Å²) in [5.41, 5.74) is 1.98. The molecular weight excluding hydrogens is 320 g/mol. The molecular formula is C18H24N4O3. The van der Waals surface area contributed by atoms with Crippen LogP contribution in [0.5, 0.6) is 0 Å². The summed E-state index contributed by atoms with van der Waals surface area (Å²) in [6.45, 7) is 1.13. The number of H-pyrrole nitrogens is 1. The lowest BCUT2D eigenvalue weighted by Crippen LogP contribution is -2.52. The number of imidazole rings is 1. The Kier molecular flexibility index (Phi) is 5.53. The van der Waals surface area contributed by atoms with E-state index in [1.807, 2.05) is 24.3 Å². The van der Waals surface area contributed by atoms with Crippen molar-refractivity contribution < 1.29 is 14.3 Å². The first-order valence-electron chi connectivity index (χ1n) is 8.75. The second kappa shape index (κ2) is 8.00. The fourth-order valence-electron chi connectivity index (χ4n) is 3.25. The molecule has 2 heterocycles. The Labute approximate surface area is 146 Å². The van der Waals surface area contributed by atoms with Crippen molar-refractivity contribution in [3.05, 3.63) is 30.1 Å². The number of piperidine rings is 1. The molecule has 0 bridgehead atoms. The first kappa shape index (κ1) is 17.3. The summed E-state index contributed by atoms with van der Waals surface area (Å²) in [5, 5.41) is 2.94. The number of carbonyl (C=O) groups is 2. The zero-order valence-corrected chi connectivity index (χ0v) is 14.5. The van der Waals surface area contributed by atoms with Crippen LogP contribution >= 0.6 is 0 Å². The number of aromatic amines is 1. The van der Waals surface area contributed by atoms with Gasteiger partial charge in [-0.1, -0.05) is 12.1 Å². The molecule has 2 aromatic rings. The highest BCUT2D eigenvalue weighted by Crippen LogP contribution is 2.18. The zero-order chi connectivity index (χ0) is 17.6. The van der Waals surface area contributed by atoms with Crippen LogP contribution in [0, 0.1) is 0 Å². The molecule has 1 aromatic carbocycles. The molecule has 0 saturated carbocycles. The number of benzene rings is 1. The molecule has 1 aliphatic rings. The van der Waals surface area contributed by atoms with Crippen molar-refractivity contribution in [3.63, 3.8) is 0 Å². The molecule has 7 heteroatoms. The molecule has 2 amide bonds. The number of aryl methyl sites for hydroxylation is 1. The summed E-state index contributed by atoms with van der Waals surface area (Å²) in [7, 11) is 1.35. The van der Waals surface area contributed by atoms with Crippen molar-refractivity contribution in [1.82, 2.24) is 20.2 Å². The number of hydrogen-bond acceptors (Lipinski definition) is 4. The Balaban J connectivity index is 1.47. The van der Waals surface area contributed by atoms with Crippen LogP contribution in [0.3, 0.4) is 0 Å². The predicted molar refractivity (Wildman–Crippen MR) is 94.2 cm³/mol. The molecule has 0 radical (unpaired) electrons. The van der Waals surface area contributed by atoms with E-state index < -0.39 is 12.1 Å². The van der Waals surface area contributed by atoms with E-state index in [4.69, 9.17) is 4.74 Å². The van der Waals surface area contributed by atoms with Crippen LogP contribution in [0.25, 0.3) is 11.0 Å². The molecule has 25 heavy (non-hydrogen) atoms. The lowest BCUT2D eigenvalue weighted by Gasteiger charge is -2.33. The highest BCUT2D eigenvalue weighted by Gasteiger charge is 2.32. The number of nitrogens with one attached hydrogen (secondary N) is 2. The van der Waals surface area contributed by atoms with Crippen LogP contribution in [0.15, 0.2) is 24.3 Å². The maximum atomic E-state index is 12.4. The monoisotopic (exact) mass is 344 g/mol. The van der Waals surface area contributed by atoms with Crippen molar-refractivity contribution in [3.8, 4) is 0 Å². The number of rotatable bonds is 5. The Bertz CT molecular complexity index is 710. The number of carbonyl (C=O) groups excluding carboxylic acids is 2. The molecule has 134 valence electrons. The topological polar surface area (TPSA) is 87.3 Å². The Hall–Kier alpha value is -2.57. The molecule has 1 fully saturated rings. The number of para-hydroxylation sites is 2. The maximum absolute atomic E-state index is 12.4. The zero-order valence-electron chi connectivity index (χ0n) is 14.5. The van der Waals surface area contributed by atoms with Gasteiger partial charge in [0.15, 0.2) is 0 Å². The maximum Gasteiger partial charge on any atom is 0.410 e. The quantitative estimate of drug-likeness (QED) is 0.814. The number of hydrogen-bond donors (Lipinski definition) is 2. The summed E-state index contributed by atoms with van der Waals surface area (Å²) in [4.78, 5) is 33.5. The van der Waals surface area contributed by atoms with Crippen molar-refractivity contribution in [2.45, 2.75) is 38.1 Å². The minimum Gasteiger partial charge on any atom is -0.453 e. The number of methoxy groups -OCH3 is 1. The number of nitrogens with zero attached hydrogens (tertiary/aromatic N) is 2. The molecule has 0 unspecified atom stereocenters. The van der Waals surface area contributed by atoms with Crippen molar-refractivity contribution >= 4 is 23.0 Å². The molecule has 1 saturated heterocycles. The third-order valence-corrected chi connectivity index (χ3v) is 4.54. The molecule has 7 nitrogen and oxygen atoms in total. The van der Waals surface area contributed by atoms with E-state index in [-0.39, 0.29) is 5.91 Å². The van der Waals surface area contributed by atoms with Crippen molar-refractivity contribution in [1.29, 1.82) is 0 Å². The van der Waals surface area contributed by atoms with Gasteiger partial charge in [-0.3, -0.25) is 9.69 Å². The molecule has 1 aliphatic heterocycles. The third kappa shape index (κ3) is 4.10. The van der Waals surface area contributed by atoms with Gasteiger partial charge in [0.2, 0.25) is 5.91 Å². The van der Waals surface area contributed by atoms with Crippen LogP contribution in [-0.2, 0) is 16.0 Å². The number of aromatic nitrogens is 2. The third-order valence-electron chi connectivity index (χ3n) is 4.54. The van der Waals surface area contributed by atoms with Crippen molar-refractivity contribution in [2.24, 2.45) is 0 Å². The lowest BCUT2D eigenvalue weighted by atomic mass is 10.0. The fraction of sp³-hybridized carbons (Fsp3) is 0.500. The van der Waals surface area contributed by atoms with Gasteiger partial charge in [0, 0.05) is 19.5 Å². The summed E-state index contributed by atoms with van der Waals surface area (Å²) in [6, 6.07) is 7.48. The van der Waals surface area contributed by atoms with Crippen molar-refractivity contribution in [2.75, 3.05) is 20.2 Å². The number of ether oxygens (including phenoxy) is 1. The van der Waals surface area contributed by atoms with Gasteiger partial charge in [0.05, 0.1) is 18.1 Å². The lowest BCUT2D eigenvalue weighted by molar-refractivity contribution is -0.126. The smallest absolute Gasteiger partial charge is 0.410 e. The van der Waals surface area contributed by atoms with Gasteiger partial charge < -0.3 is 15.0 Å². The van der Waals surface area contributed by atoms with Gasteiger partial charge in [-0.15, -0.1) is 0 Å². The van der Waals surface area contributed by atoms with Crippen LogP contribution in [-0.4, -0.2) is 53.1 Å². The first-order valence-corrected chi connectivity index (χ1v) is 8.75. The van der Waals surface area contributed by atoms with E-state index >= 15 is 0 Å².